The number of aliphatic hydroxyl groups excluding tert-OH is 2. The molecule has 4 atom stereocenters. The number of hydrazine groups is 1. The van der Waals surface area contributed by atoms with Crippen molar-refractivity contribution in [3.8, 4) is 12.1 Å². The molecular formula is C43H43N7O7. The van der Waals surface area contributed by atoms with E-state index in [0.717, 1.165) is 22.3 Å². The van der Waals surface area contributed by atoms with Crippen LogP contribution in [0.15, 0.2) is 84.9 Å². The van der Waals surface area contributed by atoms with Crippen molar-refractivity contribution >= 4 is 34.9 Å². The van der Waals surface area contributed by atoms with Gasteiger partial charge in [-0.2, -0.15) is 10.5 Å². The number of aryl methyl sites for hydroxylation is 2. The summed E-state index contributed by atoms with van der Waals surface area (Å²) < 4.78 is 0. The number of benzene rings is 4. The maximum Gasteiger partial charge on any atom is 0.309 e. The molecule has 0 saturated heterocycles. The van der Waals surface area contributed by atoms with Crippen LogP contribution in [-0.4, -0.2) is 57.6 Å². The van der Waals surface area contributed by atoms with Gasteiger partial charge in [-0.3, -0.25) is 24.6 Å². The maximum atomic E-state index is 12.5. The molecule has 0 aliphatic heterocycles. The third-order valence-electron chi connectivity index (χ3n) is 8.66. The van der Waals surface area contributed by atoms with Gasteiger partial charge in [0.05, 0.1) is 67.0 Å². The van der Waals surface area contributed by atoms with Crippen LogP contribution < -0.4 is 16.6 Å². The first-order chi connectivity index (χ1) is 27.1. The number of nitrogens with two attached hydrogens (primary N) is 1. The number of nitrogens with one attached hydrogen (secondary N) is 2. The molecule has 2 amide bonds. The molecule has 14 heteroatoms. The number of aliphatic carboxylic acids is 1. The van der Waals surface area contributed by atoms with Gasteiger partial charge in [-0.05, 0) is 99.2 Å². The fourth-order valence-corrected chi connectivity index (χ4v) is 5.31. The number of nitriles is 2. The molecule has 0 unspecified atom stereocenters. The van der Waals surface area contributed by atoms with Gasteiger partial charge < -0.3 is 20.6 Å². The first-order valence-corrected chi connectivity index (χ1v) is 17.4. The van der Waals surface area contributed by atoms with E-state index in [4.69, 9.17) is 34.6 Å². The van der Waals surface area contributed by atoms with Crippen LogP contribution in [0.5, 0.6) is 0 Å². The number of aliphatic hydroxyl groups is 2. The summed E-state index contributed by atoms with van der Waals surface area (Å²) in [6, 6.07) is 26.8. The predicted octanol–water partition coefficient (Wildman–Crippen LogP) is 5.29. The van der Waals surface area contributed by atoms with Gasteiger partial charge in [0.2, 0.25) is 5.91 Å². The highest BCUT2D eigenvalue weighted by Gasteiger charge is 2.25. The van der Waals surface area contributed by atoms with Crippen molar-refractivity contribution < 1.29 is 34.5 Å². The molecule has 0 heterocycles. The Hall–Kier alpha value is -7.20. The maximum absolute atomic E-state index is 12.5. The molecule has 0 bridgehead atoms. The van der Waals surface area contributed by atoms with Gasteiger partial charge in [0.1, 0.15) is 0 Å². The SMILES string of the molecule is N#Cc1ccc(C(=O)NN)cc1.[C-]#[N+]c1ccc(C[C@@H](C(=O)NCC(=O)c2ccc(C#N)cc2)[C@@H](C)O)cc1C.[C-]#[N+]c1ccc(C[C@@H](C(=O)O)[C@@H](C)O)cc1C. The summed E-state index contributed by atoms with van der Waals surface area (Å²) in [5.74, 6) is 1.32. The lowest BCUT2D eigenvalue weighted by Crippen LogP contribution is -2.40. The highest BCUT2D eigenvalue weighted by molar-refractivity contribution is 5.99. The number of nitrogens with zero attached hydrogens (tertiary/aromatic N) is 4. The molecular weight excluding hydrogens is 727 g/mol. The molecule has 4 aromatic carbocycles. The summed E-state index contributed by atoms with van der Waals surface area (Å²) >= 11 is 0. The van der Waals surface area contributed by atoms with E-state index in [2.05, 4.69) is 15.0 Å². The Bertz CT molecular complexity index is 2210. The average Bonchev–Trinajstić information content (AvgIpc) is 3.20. The van der Waals surface area contributed by atoms with Crippen LogP contribution in [0.1, 0.15) is 67.9 Å². The van der Waals surface area contributed by atoms with E-state index < -0.39 is 35.9 Å². The monoisotopic (exact) mass is 769 g/mol. The van der Waals surface area contributed by atoms with Gasteiger partial charge in [0.15, 0.2) is 17.2 Å². The third kappa shape index (κ3) is 14.5. The van der Waals surface area contributed by atoms with Crippen molar-refractivity contribution in [3.63, 3.8) is 0 Å². The molecule has 0 aliphatic carbocycles. The van der Waals surface area contributed by atoms with E-state index in [0.29, 0.717) is 40.0 Å². The van der Waals surface area contributed by atoms with Crippen molar-refractivity contribution in [2.45, 2.75) is 52.7 Å². The molecule has 292 valence electrons. The molecule has 7 N–H and O–H groups in total. The van der Waals surface area contributed by atoms with Crippen LogP contribution >= 0.6 is 0 Å². The van der Waals surface area contributed by atoms with E-state index in [1.165, 1.54) is 13.8 Å². The van der Waals surface area contributed by atoms with Crippen LogP contribution in [0.4, 0.5) is 11.4 Å². The number of nitrogen functional groups attached to an aromatic ring is 1. The minimum absolute atomic E-state index is 0.191. The number of amides is 2. The molecule has 0 radical (unpaired) electrons. The fraction of sp³-hybridized carbons (Fsp3) is 0.256. The molecule has 14 nitrogen and oxygen atoms in total. The quantitative estimate of drug-likeness (QED) is 0.0358. The lowest BCUT2D eigenvalue weighted by molar-refractivity contribution is -0.145. The standard InChI is InChI=1S/C22H21N3O3.C13H15NO3.C8H7N3O/c1-14-10-17(6-9-20(14)24-3)11-19(15(2)26)22(28)25-13-21(27)18-7-4-16(12-23)5-8-18;1-8-6-10(4-5-12(8)14-3)7-11(9(2)15)13(16)17;9-5-6-1-3-7(4-2-6)8(12)11-10/h4-10,15,19,26H,11,13H2,1-2H3,(H,25,28);4-6,9,11,15H,7H2,1-2H3,(H,16,17);1-4H,10H2,(H,11,12)/t15-,19-;9-,11-;/m11./s1. The number of carboxylic acid groups (broad SMARTS) is 1. The van der Waals surface area contributed by atoms with E-state index in [1.54, 1.807) is 78.9 Å². The first kappa shape index (κ1) is 46.0. The van der Waals surface area contributed by atoms with E-state index in [1.807, 2.05) is 37.5 Å². The summed E-state index contributed by atoms with van der Waals surface area (Å²) in [4.78, 5) is 53.3. The number of hydrogen-bond acceptors (Lipinski definition) is 9. The molecule has 4 aromatic rings. The van der Waals surface area contributed by atoms with Crippen LogP contribution in [0, 0.1) is 61.5 Å². The number of hydrogen-bond donors (Lipinski definition) is 6. The predicted molar refractivity (Wildman–Crippen MR) is 212 cm³/mol. The number of carbonyl (C=O) groups excluding carboxylic acids is 3. The van der Waals surface area contributed by atoms with Gasteiger partial charge in [-0.1, -0.05) is 48.5 Å². The Labute approximate surface area is 331 Å². The highest BCUT2D eigenvalue weighted by Crippen LogP contribution is 2.23. The smallest absolute Gasteiger partial charge is 0.309 e. The first-order valence-electron chi connectivity index (χ1n) is 17.4. The Morgan fingerprint density at radius 3 is 1.49 bits per heavy atom. The van der Waals surface area contributed by atoms with Gasteiger partial charge in [0, 0.05) is 11.1 Å². The number of carboxylic acids is 1. The van der Waals surface area contributed by atoms with Gasteiger partial charge in [-0.25, -0.2) is 15.5 Å². The molecule has 0 aliphatic rings. The van der Waals surface area contributed by atoms with Crippen molar-refractivity contribution in [2.24, 2.45) is 17.7 Å². The Morgan fingerprint density at radius 2 is 1.14 bits per heavy atom. The zero-order chi connectivity index (χ0) is 42.7. The van der Waals surface area contributed by atoms with Gasteiger partial charge >= 0.3 is 5.97 Å². The van der Waals surface area contributed by atoms with Crippen molar-refractivity contribution in [2.75, 3.05) is 6.54 Å². The number of Topliss-reactive ketones (excluding diaryl/α,β-unsaturated/α-hetero) is 1. The average molecular weight is 770 g/mol. The Balaban J connectivity index is 0.000000327. The lowest BCUT2D eigenvalue weighted by atomic mass is 9.93. The minimum Gasteiger partial charge on any atom is -0.481 e. The van der Waals surface area contributed by atoms with Crippen molar-refractivity contribution in [3.05, 3.63) is 152 Å². The second kappa shape index (κ2) is 22.9. The van der Waals surface area contributed by atoms with Crippen LogP contribution in [0.3, 0.4) is 0 Å². The number of rotatable bonds is 12. The van der Waals surface area contributed by atoms with Crippen molar-refractivity contribution in [1.82, 2.24) is 10.7 Å². The summed E-state index contributed by atoms with van der Waals surface area (Å²) in [5.41, 5.74) is 8.23. The zero-order valence-electron chi connectivity index (χ0n) is 31.9. The second-order valence-corrected chi connectivity index (χ2v) is 12.9. The van der Waals surface area contributed by atoms with Gasteiger partial charge in [0.25, 0.3) is 5.91 Å². The lowest BCUT2D eigenvalue weighted by Gasteiger charge is -2.20. The van der Waals surface area contributed by atoms with Crippen LogP contribution in [-0.2, 0) is 22.4 Å². The van der Waals surface area contributed by atoms with Crippen LogP contribution in [0.25, 0.3) is 9.69 Å². The summed E-state index contributed by atoms with van der Waals surface area (Å²) in [5, 5.41) is 48.2. The molecule has 0 spiro atoms. The van der Waals surface area contributed by atoms with Crippen molar-refractivity contribution in [1.29, 1.82) is 10.5 Å². The normalized spacial score (nSPS) is 12.0. The largest absolute Gasteiger partial charge is 0.481 e. The topological polar surface area (TPSA) is 235 Å². The number of carbonyl (C=O) groups is 4. The number of ketones is 1. The van der Waals surface area contributed by atoms with E-state index >= 15 is 0 Å². The van der Waals surface area contributed by atoms with E-state index in [-0.39, 0.29) is 24.7 Å². The Kier molecular flexibility index (Phi) is 18.5. The summed E-state index contributed by atoms with van der Waals surface area (Å²) in [7, 11) is 0. The Morgan fingerprint density at radius 1 is 0.719 bits per heavy atom. The zero-order valence-corrected chi connectivity index (χ0v) is 31.9. The fourth-order valence-electron chi connectivity index (χ4n) is 5.31. The molecule has 0 aromatic heterocycles. The molecule has 0 saturated carbocycles. The summed E-state index contributed by atoms with van der Waals surface area (Å²) in [6.45, 7) is 20.5. The highest BCUT2D eigenvalue weighted by atomic mass is 16.4. The van der Waals surface area contributed by atoms with E-state index in [9.17, 15) is 29.4 Å². The molecule has 0 fully saturated rings. The molecule has 57 heavy (non-hydrogen) atoms. The third-order valence-corrected chi connectivity index (χ3v) is 8.66. The molecule has 4 rings (SSSR count). The minimum atomic E-state index is -1.01. The van der Waals surface area contributed by atoms with Gasteiger partial charge in [-0.15, -0.1) is 0 Å². The van der Waals surface area contributed by atoms with Crippen LogP contribution in [0.2, 0.25) is 0 Å². The summed E-state index contributed by atoms with van der Waals surface area (Å²) in [6.07, 6.45) is -1.22. The second-order valence-electron chi connectivity index (χ2n) is 12.9.